The average molecular weight is 515 g/mol. The van der Waals surface area contributed by atoms with Gasteiger partial charge in [-0.2, -0.15) is 4.98 Å². The van der Waals surface area contributed by atoms with Crippen molar-refractivity contribution in [3.8, 4) is 11.4 Å². The highest BCUT2D eigenvalue weighted by atomic mass is 35.5. The Kier molecular flexibility index (Phi) is 7.44. The molecule has 2 heterocycles. The fraction of sp³-hybridized carbons (Fsp3) is 0.241. The summed E-state index contributed by atoms with van der Waals surface area (Å²) in [5.74, 6) is 0.540. The molecule has 8 heteroatoms. The van der Waals surface area contributed by atoms with Gasteiger partial charge < -0.3 is 9.84 Å². The number of rotatable bonds is 7. The Bertz CT molecular complexity index is 1420. The fourth-order valence-corrected chi connectivity index (χ4v) is 4.82. The number of halogens is 1. The van der Waals surface area contributed by atoms with Gasteiger partial charge in [0.25, 0.3) is 0 Å². The van der Waals surface area contributed by atoms with Gasteiger partial charge in [-0.15, -0.1) is 0 Å². The van der Waals surface area contributed by atoms with E-state index in [1.165, 1.54) is 0 Å². The molecule has 1 N–H and O–H groups in total. The van der Waals surface area contributed by atoms with Crippen LogP contribution in [0.15, 0.2) is 77.3 Å². The second kappa shape index (κ2) is 11.1. The Balaban J connectivity index is 1.26. The molecule has 1 aliphatic rings. The van der Waals surface area contributed by atoms with Gasteiger partial charge in [0, 0.05) is 28.3 Å². The number of carbonyl (C=O) groups excluding carboxylic acids is 2. The lowest BCUT2D eigenvalue weighted by Gasteiger charge is -2.31. The van der Waals surface area contributed by atoms with Gasteiger partial charge in [-0.25, -0.2) is 0 Å². The number of hydrogen-bond acceptors (Lipinski definition) is 6. The highest BCUT2D eigenvalue weighted by Gasteiger charge is 2.28. The van der Waals surface area contributed by atoms with E-state index in [-0.39, 0.29) is 17.6 Å². The summed E-state index contributed by atoms with van der Waals surface area (Å²) in [7, 11) is 0. The van der Waals surface area contributed by atoms with Crippen LogP contribution < -0.4 is 5.32 Å². The zero-order valence-corrected chi connectivity index (χ0v) is 21.2. The quantitative estimate of drug-likeness (QED) is 0.314. The molecule has 0 radical (unpaired) electrons. The lowest BCUT2D eigenvalue weighted by Crippen LogP contribution is -2.40. The predicted octanol–water partition coefficient (Wildman–Crippen LogP) is 5.78. The van der Waals surface area contributed by atoms with E-state index >= 15 is 0 Å². The van der Waals surface area contributed by atoms with E-state index in [1.807, 2.05) is 37.3 Å². The molecule has 37 heavy (non-hydrogen) atoms. The van der Waals surface area contributed by atoms with Crippen molar-refractivity contribution in [1.82, 2.24) is 15.0 Å². The van der Waals surface area contributed by atoms with Gasteiger partial charge in [0.2, 0.25) is 17.6 Å². The molecule has 1 aliphatic heterocycles. The zero-order valence-electron chi connectivity index (χ0n) is 20.5. The van der Waals surface area contributed by atoms with Crippen LogP contribution in [-0.2, 0) is 11.3 Å². The van der Waals surface area contributed by atoms with Crippen molar-refractivity contribution in [3.63, 3.8) is 0 Å². The number of likely N-dealkylation sites (tertiary alicyclic amines) is 1. The molecule has 4 aromatic rings. The fourth-order valence-electron chi connectivity index (χ4n) is 4.65. The molecule has 1 atom stereocenters. The first-order chi connectivity index (χ1) is 18.0. The number of benzene rings is 3. The maximum absolute atomic E-state index is 13.3. The minimum atomic E-state index is -0.233. The van der Waals surface area contributed by atoms with E-state index < -0.39 is 0 Å². The van der Waals surface area contributed by atoms with Crippen molar-refractivity contribution in [3.05, 3.63) is 100 Å². The molecule has 1 saturated heterocycles. The summed E-state index contributed by atoms with van der Waals surface area (Å²) in [6, 6.07) is 21.8. The predicted molar refractivity (Wildman–Crippen MR) is 142 cm³/mol. The summed E-state index contributed by atoms with van der Waals surface area (Å²) in [5, 5.41) is 7.56. The number of nitrogens with zero attached hydrogens (tertiary/aromatic N) is 3. The van der Waals surface area contributed by atoms with E-state index in [4.69, 9.17) is 16.1 Å². The minimum absolute atomic E-state index is 0.125. The number of aryl methyl sites for hydroxylation is 1. The van der Waals surface area contributed by atoms with Crippen LogP contribution in [0.4, 0.5) is 5.69 Å². The first-order valence-corrected chi connectivity index (χ1v) is 12.7. The Hall–Kier alpha value is -3.81. The number of nitrogens with one attached hydrogen (secondary N) is 1. The smallest absolute Gasteiger partial charge is 0.241 e. The van der Waals surface area contributed by atoms with Crippen LogP contribution in [0, 0.1) is 12.8 Å². The van der Waals surface area contributed by atoms with E-state index in [0.717, 1.165) is 30.5 Å². The summed E-state index contributed by atoms with van der Waals surface area (Å²) >= 11 is 6.19. The lowest BCUT2D eigenvalue weighted by molar-refractivity contribution is -0.121. The largest absolute Gasteiger partial charge is 0.338 e. The number of anilines is 1. The van der Waals surface area contributed by atoms with Gasteiger partial charge in [0.1, 0.15) is 0 Å². The maximum atomic E-state index is 13.3. The normalized spacial score (nSPS) is 15.9. The number of piperidine rings is 1. The average Bonchev–Trinajstić information content (AvgIpc) is 3.38. The molecule has 1 fully saturated rings. The highest BCUT2D eigenvalue weighted by Crippen LogP contribution is 2.27. The lowest BCUT2D eigenvalue weighted by atomic mass is 9.96. The van der Waals surface area contributed by atoms with Crippen LogP contribution in [-0.4, -0.2) is 39.8 Å². The zero-order chi connectivity index (χ0) is 25.8. The standard InChI is InChI=1S/C29H27ClN4O3/c1-19-8-5-6-12-23(19)28-32-26(37-33-28)18-34-15-7-11-21(17-34)29(36)31-25-14-13-22(30)16-24(25)27(35)20-9-3-2-4-10-20/h2-6,8-10,12-14,16,21H,7,11,15,17-18H2,1H3,(H,31,36). The molecule has 3 aromatic carbocycles. The molecule has 0 spiro atoms. The van der Waals surface area contributed by atoms with Gasteiger partial charge in [-0.3, -0.25) is 14.5 Å². The first-order valence-electron chi connectivity index (χ1n) is 12.3. The highest BCUT2D eigenvalue weighted by molar-refractivity contribution is 6.31. The third-order valence-corrected chi connectivity index (χ3v) is 6.84. The third-order valence-electron chi connectivity index (χ3n) is 6.61. The molecule has 1 unspecified atom stereocenters. The molecular weight excluding hydrogens is 488 g/mol. The molecule has 0 bridgehead atoms. The summed E-state index contributed by atoms with van der Waals surface area (Å²) in [6.45, 7) is 3.88. The van der Waals surface area contributed by atoms with Crippen molar-refractivity contribution >= 4 is 29.0 Å². The number of hydrogen-bond donors (Lipinski definition) is 1. The van der Waals surface area contributed by atoms with Gasteiger partial charge in [0.15, 0.2) is 5.78 Å². The Morgan fingerprint density at radius 2 is 1.86 bits per heavy atom. The van der Waals surface area contributed by atoms with Crippen molar-refractivity contribution in [2.24, 2.45) is 5.92 Å². The van der Waals surface area contributed by atoms with Gasteiger partial charge in [-0.05, 0) is 50.1 Å². The number of ketones is 1. The van der Waals surface area contributed by atoms with Crippen molar-refractivity contribution in [2.45, 2.75) is 26.3 Å². The SMILES string of the molecule is Cc1ccccc1-c1noc(CN2CCCC(C(=O)Nc3ccc(Cl)cc3C(=O)c3ccccc3)C2)n1. The monoisotopic (exact) mass is 514 g/mol. The Morgan fingerprint density at radius 1 is 1.08 bits per heavy atom. The second-order valence-electron chi connectivity index (χ2n) is 9.28. The molecule has 1 aromatic heterocycles. The number of aromatic nitrogens is 2. The molecule has 0 aliphatic carbocycles. The summed E-state index contributed by atoms with van der Waals surface area (Å²) in [5.41, 5.74) is 3.39. The van der Waals surface area contributed by atoms with Crippen LogP contribution in [0.1, 0.15) is 40.2 Å². The van der Waals surface area contributed by atoms with Crippen LogP contribution in [0.3, 0.4) is 0 Å². The van der Waals surface area contributed by atoms with Crippen LogP contribution >= 0.6 is 11.6 Å². The molecule has 7 nitrogen and oxygen atoms in total. The number of amides is 1. The summed E-state index contributed by atoms with van der Waals surface area (Å²) in [6.07, 6.45) is 1.63. The Labute approximate surface area is 220 Å². The van der Waals surface area contributed by atoms with Crippen LogP contribution in [0.2, 0.25) is 5.02 Å². The van der Waals surface area contributed by atoms with Gasteiger partial charge in [-0.1, -0.05) is 71.4 Å². The molecule has 0 saturated carbocycles. The topological polar surface area (TPSA) is 88.3 Å². The van der Waals surface area contributed by atoms with Crippen LogP contribution in [0.25, 0.3) is 11.4 Å². The van der Waals surface area contributed by atoms with E-state index in [9.17, 15) is 9.59 Å². The third kappa shape index (κ3) is 5.79. The summed E-state index contributed by atoms with van der Waals surface area (Å²) in [4.78, 5) is 33.1. The van der Waals surface area contributed by atoms with Gasteiger partial charge in [0.05, 0.1) is 18.2 Å². The molecular formula is C29H27ClN4O3. The van der Waals surface area contributed by atoms with E-state index in [1.54, 1.807) is 42.5 Å². The maximum Gasteiger partial charge on any atom is 0.241 e. The van der Waals surface area contributed by atoms with Crippen molar-refractivity contribution in [1.29, 1.82) is 0 Å². The Morgan fingerprint density at radius 3 is 2.68 bits per heavy atom. The summed E-state index contributed by atoms with van der Waals surface area (Å²) < 4.78 is 5.51. The van der Waals surface area contributed by atoms with E-state index in [2.05, 4.69) is 20.4 Å². The van der Waals surface area contributed by atoms with Crippen LogP contribution in [0.5, 0.6) is 0 Å². The second-order valence-corrected chi connectivity index (χ2v) is 9.71. The minimum Gasteiger partial charge on any atom is -0.338 e. The first kappa shape index (κ1) is 24.9. The number of carbonyl (C=O) groups is 2. The molecule has 5 rings (SSSR count). The molecule has 1 amide bonds. The van der Waals surface area contributed by atoms with E-state index in [0.29, 0.717) is 46.6 Å². The van der Waals surface area contributed by atoms with Crippen molar-refractivity contribution < 1.29 is 14.1 Å². The van der Waals surface area contributed by atoms with Crippen molar-refractivity contribution in [2.75, 3.05) is 18.4 Å². The molecule has 188 valence electrons. The van der Waals surface area contributed by atoms with Gasteiger partial charge >= 0.3 is 0 Å².